The Morgan fingerprint density at radius 1 is 1.40 bits per heavy atom. The Balaban J connectivity index is 2.08. The lowest BCUT2D eigenvalue weighted by Gasteiger charge is -2.25. The summed E-state index contributed by atoms with van der Waals surface area (Å²) < 4.78 is 0.257. The Morgan fingerprint density at radius 2 is 2.13 bits per heavy atom. The van der Waals surface area contributed by atoms with Crippen LogP contribution in [0.25, 0.3) is 0 Å². The second kappa shape index (κ2) is 5.23. The summed E-state index contributed by atoms with van der Waals surface area (Å²) in [6.45, 7) is 1.96. The summed E-state index contributed by atoms with van der Waals surface area (Å²) in [5.41, 5.74) is 1.78. The smallest absolute Gasteiger partial charge is 0.117 e. The van der Waals surface area contributed by atoms with Gasteiger partial charge in [0.1, 0.15) is 6.10 Å². The number of nitrogens with zero attached hydrogens (tertiary/aromatic N) is 1. The number of hydrogen-bond acceptors (Lipinski definition) is 4. The van der Waals surface area contributed by atoms with E-state index < -0.39 is 6.10 Å². The zero-order chi connectivity index (χ0) is 10.7. The van der Waals surface area contributed by atoms with Crippen molar-refractivity contribution in [3.8, 4) is 0 Å². The van der Waals surface area contributed by atoms with Gasteiger partial charge in [0.05, 0.1) is 10.3 Å². The Kier molecular flexibility index (Phi) is 3.94. The van der Waals surface area contributed by atoms with E-state index in [0.717, 1.165) is 22.9 Å². The lowest BCUT2D eigenvalue weighted by atomic mass is 10.2. The second-order valence-electron chi connectivity index (χ2n) is 3.61. The van der Waals surface area contributed by atoms with Crippen molar-refractivity contribution in [1.29, 1.82) is 0 Å². The number of pyridine rings is 1. The van der Waals surface area contributed by atoms with Gasteiger partial charge in [0, 0.05) is 5.69 Å². The largest absolute Gasteiger partial charge is 0.385 e. The van der Waals surface area contributed by atoms with Crippen molar-refractivity contribution in [2.24, 2.45) is 0 Å². The van der Waals surface area contributed by atoms with Gasteiger partial charge in [-0.1, -0.05) is 6.07 Å². The Labute approximate surface area is 98.9 Å². The van der Waals surface area contributed by atoms with Gasteiger partial charge in [-0.2, -0.15) is 0 Å². The summed E-state index contributed by atoms with van der Waals surface area (Å²) in [6, 6.07) is 5.82. The number of aliphatic hydroxyl groups is 1. The summed E-state index contributed by atoms with van der Waals surface area (Å²) in [7, 11) is 0. The van der Waals surface area contributed by atoms with E-state index in [2.05, 4.69) is 4.98 Å². The summed E-state index contributed by atoms with van der Waals surface area (Å²) in [5.74, 6) is 2.31. The molecule has 82 valence electrons. The topological polar surface area (TPSA) is 33.1 Å². The predicted molar refractivity (Wildman–Crippen MR) is 67.3 cm³/mol. The van der Waals surface area contributed by atoms with E-state index in [4.69, 9.17) is 0 Å². The fourth-order valence-corrected chi connectivity index (χ4v) is 4.43. The number of thioether (sulfide) groups is 2. The van der Waals surface area contributed by atoms with Crippen LogP contribution in [0.1, 0.15) is 23.9 Å². The van der Waals surface area contributed by atoms with E-state index >= 15 is 0 Å². The van der Waals surface area contributed by atoms with Crippen LogP contribution in [0.3, 0.4) is 0 Å². The highest BCUT2D eigenvalue weighted by molar-refractivity contribution is 8.17. The first-order chi connectivity index (χ1) is 7.27. The SMILES string of the molecule is Cc1cccc(C(O)C2SCCCS2)n1. The van der Waals surface area contributed by atoms with Gasteiger partial charge in [-0.25, -0.2) is 0 Å². The number of rotatable bonds is 2. The van der Waals surface area contributed by atoms with Crippen LogP contribution in [-0.2, 0) is 0 Å². The first-order valence-corrected chi connectivity index (χ1v) is 7.22. The van der Waals surface area contributed by atoms with Crippen LogP contribution in [0, 0.1) is 6.92 Å². The molecule has 0 amide bonds. The molecular formula is C11H15NOS2. The van der Waals surface area contributed by atoms with E-state index in [1.165, 1.54) is 6.42 Å². The maximum Gasteiger partial charge on any atom is 0.117 e. The van der Waals surface area contributed by atoms with Crippen molar-refractivity contribution in [2.75, 3.05) is 11.5 Å². The van der Waals surface area contributed by atoms with E-state index in [1.807, 2.05) is 48.6 Å². The van der Waals surface area contributed by atoms with E-state index in [-0.39, 0.29) is 4.58 Å². The number of aromatic nitrogens is 1. The van der Waals surface area contributed by atoms with Crippen molar-refractivity contribution in [1.82, 2.24) is 4.98 Å². The summed E-state index contributed by atoms with van der Waals surface area (Å²) >= 11 is 3.69. The lowest BCUT2D eigenvalue weighted by Crippen LogP contribution is -2.17. The molecule has 1 aromatic heterocycles. The van der Waals surface area contributed by atoms with Crippen LogP contribution < -0.4 is 0 Å². The predicted octanol–water partition coefficient (Wildman–Crippen LogP) is 2.62. The van der Waals surface area contributed by atoms with Crippen molar-refractivity contribution in [3.05, 3.63) is 29.6 Å². The van der Waals surface area contributed by atoms with Gasteiger partial charge in [-0.3, -0.25) is 4.98 Å². The van der Waals surface area contributed by atoms with Gasteiger partial charge < -0.3 is 5.11 Å². The summed E-state index contributed by atoms with van der Waals surface area (Å²) in [4.78, 5) is 4.37. The first kappa shape index (κ1) is 11.3. The Morgan fingerprint density at radius 3 is 2.80 bits per heavy atom. The van der Waals surface area contributed by atoms with Crippen LogP contribution >= 0.6 is 23.5 Å². The summed E-state index contributed by atoms with van der Waals surface area (Å²) in [5, 5.41) is 10.2. The van der Waals surface area contributed by atoms with E-state index in [1.54, 1.807) is 0 Å². The minimum absolute atomic E-state index is 0.257. The van der Waals surface area contributed by atoms with Crippen molar-refractivity contribution in [3.63, 3.8) is 0 Å². The third kappa shape index (κ3) is 2.89. The highest BCUT2D eigenvalue weighted by Gasteiger charge is 2.25. The van der Waals surface area contributed by atoms with Crippen LogP contribution in [0.4, 0.5) is 0 Å². The molecule has 1 aromatic rings. The fraction of sp³-hybridized carbons (Fsp3) is 0.545. The van der Waals surface area contributed by atoms with Gasteiger partial charge in [-0.15, -0.1) is 23.5 Å². The molecule has 2 heterocycles. The molecule has 2 rings (SSSR count). The molecule has 1 aliphatic rings. The lowest BCUT2D eigenvalue weighted by molar-refractivity contribution is 0.191. The highest BCUT2D eigenvalue weighted by Crippen LogP contribution is 2.38. The molecule has 0 bridgehead atoms. The third-order valence-corrected chi connectivity index (χ3v) is 5.36. The molecule has 2 nitrogen and oxygen atoms in total. The molecule has 4 heteroatoms. The van der Waals surface area contributed by atoms with Crippen LogP contribution in [-0.4, -0.2) is 26.2 Å². The van der Waals surface area contributed by atoms with Crippen molar-refractivity contribution in [2.45, 2.75) is 24.0 Å². The zero-order valence-electron chi connectivity index (χ0n) is 8.72. The zero-order valence-corrected chi connectivity index (χ0v) is 10.4. The maximum absolute atomic E-state index is 10.2. The summed E-state index contributed by atoms with van der Waals surface area (Å²) in [6.07, 6.45) is 0.819. The van der Waals surface area contributed by atoms with Gasteiger partial charge >= 0.3 is 0 Å². The number of hydrogen-bond donors (Lipinski definition) is 1. The molecule has 0 aliphatic carbocycles. The van der Waals surface area contributed by atoms with Crippen molar-refractivity contribution >= 4 is 23.5 Å². The molecule has 0 spiro atoms. The molecule has 0 radical (unpaired) electrons. The average Bonchev–Trinajstić information content (AvgIpc) is 2.29. The second-order valence-corrected chi connectivity index (χ2v) is 6.41. The number of aliphatic hydroxyl groups excluding tert-OH is 1. The number of aryl methyl sites for hydroxylation is 1. The fourth-order valence-electron chi connectivity index (χ4n) is 1.56. The standard InChI is InChI=1S/C11H15NOS2/c1-8-4-2-5-9(12-8)10(13)11-14-6-3-7-15-11/h2,4-5,10-11,13H,3,6-7H2,1H3. The quantitative estimate of drug-likeness (QED) is 0.863. The molecule has 1 unspecified atom stereocenters. The molecule has 1 saturated heterocycles. The normalized spacial score (nSPS) is 20.1. The van der Waals surface area contributed by atoms with E-state index in [9.17, 15) is 5.11 Å². The first-order valence-electron chi connectivity index (χ1n) is 5.12. The van der Waals surface area contributed by atoms with E-state index in [0.29, 0.717) is 0 Å². The molecule has 1 aliphatic heterocycles. The van der Waals surface area contributed by atoms with Gasteiger partial charge in [0.15, 0.2) is 0 Å². The molecule has 0 saturated carbocycles. The van der Waals surface area contributed by atoms with Crippen LogP contribution in [0.2, 0.25) is 0 Å². The molecule has 15 heavy (non-hydrogen) atoms. The Hall–Kier alpha value is -0.190. The molecule has 1 fully saturated rings. The molecule has 1 atom stereocenters. The molecular weight excluding hydrogens is 226 g/mol. The van der Waals surface area contributed by atoms with Crippen molar-refractivity contribution < 1.29 is 5.11 Å². The van der Waals surface area contributed by atoms with Gasteiger partial charge in [0.25, 0.3) is 0 Å². The molecule has 1 N–H and O–H groups in total. The van der Waals surface area contributed by atoms with Gasteiger partial charge in [-0.05, 0) is 37.0 Å². The highest BCUT2D eigenvalue weighted by atomic mass is 32.2. The Bertz CT molecular complexity index is 326. The van der Waals surface area contributed by atoms with Gasteiger partial charge in [0.2, 0.25) is 0 Å². The maximum atomic E-state index is 10.2. The van der Waals surface area contributed by atoms with Crippen LogP contribution in [0.15, 0.2) is 18.2 Å². The minimum Gasteiger partial charge on any atom is -0.385 e. The average molecular weight is 241 g/mol. The molecule has 0 aromatic carbocycles. The minimum atomic E-state index is -0.430. The van der Waals surface area contributed by atoms with Crippen LogP contribution in [0.5, 0.6) is 0 Å². The monoisotopic (exact) mass is 241 g/mol. The third-order valence-electron chi connectivity index (χ3n) is 2.32.